The molecule has 1 heterocycles. The lowest BCUT2D eigenvalue weighted by Gasteiger charge is -2.34. The first-order valence-corrected chi connectivity index (χ1v) is 8.41. The highest BCUT2D eigenvalue weighted by atomic mass is 15.2. The Hall–Kier alpha value is -0.860. The van der Waals surface area contributed by atoms with Crippen molar-refractivity contribution in [3.8, 4) is 0 Å². The molecule has 0 radical (unpaired) electrons. The number of hydrogen-bond acceptors (Lipinski definition) is 2. The maximum Gasteiger partial charge on any atom is 0.0232 e. The fraction of sp³-hybridized carbons (Fsp3) is 0.667. The number of aryl methyl sites for hydroxylation is 1. The Bertz CT molecular complexity index is 423. The van der Waals surface area contributed by atoms with Crippen LogP contribution in [0.15, 0.2) is 24.3 Å². The van der Waals surface area contributed by atoms with Crippen molar-refractivity contribution in [2.75, 3.05) is 26.2 Å². The van der Waals surface area contributed by atoms with Crippen molar-refractivity contribution >= 4 is 0 Å². The Morgan fingerprint density at radius 2 is 2.15 bits per heavy atom. The molecule has 2 unspecified atom stereocenters. The van der Waals surface area contributed by atoms with Gasteiger partial charge in [0, 0.05) is 19.1 Å². The Morgan fingerprint density at radius 3 is 2.95 bits per heavy atom. The van der Waals surface area contributed by atoms with E-state index >= 15 is 0 Å². The quantitative estimate of drug-likeness (QED) is 0.885. The van der Waals surface area contributed by atoms with Gasteiger partial charge in [-0.3, -0.25) is 4.90 Å². The first-order valence-electron chi connectivity index (χ1n) is 8.41. The second-order valence-corrected chi connectivity index (χ2v) is 6.43. The molecule has 1 fully saturated rings. The van der Waals surface area contributed by atoms with Crippen LogP contribution >= 0.6 is 0 Å². The van der Waals surface area contributed by atoms with Crippen molar-refractivity contribution in [2.24, 2.45) is 0 Å². The number of hydrogen-bond donors (Lipinski definition) is 1. The van der Waals surface area contributed by atoms with Gasteiger partial charge in [0.25, 0.3) is 0 Å². The summed E-state index contributed by atoms with van der Waals surface area (Å²) in [5.74, 6) is 0.757. The van der Waals surface area contributed by atoms with Gasteiger partial charge in [-0.15, -0.1) is 0 Å². The van der Waals surface area contributed by atoms with Gasteiger partial charge in [0.05, 0.1) is 0 Å². The third-order valence-corrected chi connectivity index (χ3v) is 5.01. The van der Waals surface area contributed by atoms with Gasteiger partial charge in [0.2, 0.25) is 0 Å². The first kappa shape index (κ1) is 14.1. The highest BCUT2D eigenvalue weighted by Gasteiger charge is 2.27. The highest BCUT2D eigenvalue weighted by molar-refractivity contribution is 5.32. The van der Waals surface area contributed by atoms with Gasteiger partial charge in [-0.2, -0.15) is 0 Å². The molecule has 0 amide bonds. The molecule has 0 bridgehead atoms. The highest BCUT2D eigenvalue weighted by Crippen LogP contribution is 2.32. The van der Waals surface area contributed by atoms with E-state index in [4.69, 9.17) is 0 Å². The number of nitrogens with one attached hydrogen (secondary N) is 1. The maximum absolute atomic E-state index is 3.53. The lowest BCUT2D eigenvalue weighted by Crippen LogP contribution is -2.40. The largest absolute Gasteiger partial charge is 0.315 e. The van der Waals surface area contributed by atoms with Crippen LogP contribution in [-0.2, 0) is 6.42 Å². The summed E-state index contributed by atoms with van der Waals surface area (Å²) < 4.78 is 0. The van der Waals surface area contributed by atoms with Crippen LogP contribution in [0.4, 0.5) is 0 Å². The smallest absolute Gasteiger partial charge is 0.0232 e. The summed E-state index contributed by atoms with van der Waals surface area (Å²) in [6, 6.07) is 9.90. The van der Waals surface area contributed by atoms with Crippen LogP contribution in [0.25, 0.3) is 0 Å². The third-order valence-electron chi connectivity index (χ3n) is 5.01. The van der Waals surface area contributed by atoms with Crippen LogP contribution in [0.2, 0.25) is 0 Å². The van der Waals surface area contributed by atoms with E-state index in [0.29, 0.717) is 0 Å². The van der Waals surface area contributed by atoms with Crippen molar-refractivity contribution in [3.63, 3.8) is 0 Å². The Morgan fingerprint density at radius 1 is 1.25 bits per heavy atom. The fourth-order valence-electron chi connectivity index (χ4n) is 3.99. The van der Waals surface area contributed by atoms with E-state index in [1.54, 1.807) is 11.1 Å². The average molecular weight is 272 g/mol. The van der Waals surface area contributed by atoms with Crippen LogP contribution in [0.3, 0.4) is 0 Å². The molecule has 0 aromatic heterocycles. The molecular formula is C18H28N2. The Labute approximate surface area is 123 Å². The van der Waals surface area contributed by atoms with Crippen molar-refractivity contribution in [3.05, 3.63) is 35.4 Å². The molecule has 2 atom stereocenters. The maximum atomic E-state index is 3.53. The average Bonchev–Trinajstić information content (AvgIpc) is 3.01. The van der Waals surface area contributed by atoms with Gasteiger partial charge < -0.3 is 5.32 Å². The van der Waals surface area contributed by atoms with Gasteiger partial charge in [0.15, 0.2) is 0 Å². The second kappa shape index (κ2) is 6.73. The first-order chi connectivity index (χ1) is 9.88. The molecule has 1 N–H and O–H groups in total. The van der Waals surface area contributed by atoms with Gasteiger partial charge in [0.1, 0.15) is 0 Å². The molecule has 2 heteroatoms. The zero-order chi connectivity index (χ0) is 13.8. The lowest BCUT2D eigenvalue weighted by molar-refractivity contribution is 0.190. The molecule has 1 saturated heterocycles. The normalized spacial score (nSPS) is 25.9. The fourth-order valence-corrected chi connectivity index (χ4v) is 3.99. The Balaban J connectivity index is 1.72. The predicted octanol–water partition coefficient (Wildman–Crippen LogP) is 3.18. The van der Waals surface area contributed by atoms with E-state index in [2.05, 4.69) is 41.4 Å². The van der Waals surface area contributed by atoms with Crippen molar-refractivity contribution in [1.29, 1.82) is 0 Å². The molecule has 0 saturated carbocycles. The van der Waals surface area contributed by atoms with Gasteiger partial charge >= 0.3 is 0 Å². The molecule has 0 spiro atoms. The SMILES string of the molecule is CCCN(CC1CCCc2ccccc21)C1CCNC1. The zero-order valence-electron chi connectivity index (χ0n) is 12.8. The van der Waals surface area contributed by atoms with E-state index in [-0.39, 0.29) is 0 Å². The van der Waals surface area contributed by atoms with Crippen LogP contribution in [0, 0.1) is 0 Å². The van der Waals surface area contributed by atoms with E-state index < -0.39 is 0 Å². The van der Waals surface area contributed by atoms with Crippen LogP contribution < -0.4 is 5.32 Å². The third kappa shape index (κ3) is 3.07. The molecule has 1 aromatic rings. The zero-order valence-corrected chi connectivity index (χ0v) is 12.8. The van der Waals surface area contributed by atoms with Crippen molar-refractivity contribution in [1.82, 2.24) is 10.2 Å². The lowest BCUT2D eigenvalue weighted by atomic mass is 9.82. The molecule has 20 heavy (non-hydrogen) atoms. The number of nitrogens with zero attached hydrogens (tertiary/aromatic N) is 1. The molecule has 1 aliphatic heterocycles. The summed E-state index contributed by atoms with van der Waals surface area (Å²) in [7, 11) is 0. The molecule has 110 valence electrons. The van der Waals surface area contributed by atoms with E-state index in [1.807, 2.05) is 0 Å². The summed E-state index contributed by atoms with van der Waals surface area (Å²) in [6.45, 7) is 7.22. The topological polar surface area (TPSA) is 15.3 Å². The number of rotatable bonds is 5. The summed E-state index contributed by atoms with van der Waals surface area (Å²) in [5, 5.41) is 3.53. The van der Waals surface area contributed by atoms with E-state index in [0.717, 1.165) is 12.0 Å². The van der Waals surface area contributed by atoms with Crippen LogP contribution in [0.1, 0.15) is 49.7 Å². The minimum Gasteiger partial charge on any atom is -0.315 e. The van der Waals surface area contributed by atoms with E-state index in [9.17, 15) is 0 Å². The van der Waals surface area contributed by atoms with Crippen LogP contribution in [0.5, 0.6) is 0 Å². The predicted molar refractivity (Wildman–Crippen MR) is 85.3 cm³/mol. The molecule has 1 aromatic carbocycles. The molecule has 2 nitrogen and oxygen atoms in total. The van der Waals surface area contributed by atoms with Crippen molar-refractivity contribution < 1.29 is 0 Å². The Kier molecular flexibility index (Phi) is 4.74. The summed E-state index contributed by atoms with van der Waals surface area (Å²) in [5.41, 5.74) is 3.23. The molecule has 1 aliphatic carbocycles. The summed E-state index contributed by atoms with van der Waals surface area (Å²) in [4.78, 5) is 2.76. The van der Waals surface area contributed by atoms with Crippen LogP contribution in [-0.4, -0.2) is 37.1 Å². The van der Waals surface area contributed by atoms with E-state index in [1.165, 1.54) is 58.3 Å². The molecular weight excluding hydrogens is 244 g/mol. The summed E-state index contributed by atoms with van der Waals surface area (Å²) in [6.07, 6.45) is 6.62. The summed E-state index contributed by atoms with van der Waals surface area (Å²) >= 11 is 0. The minimum atomic E-state index is 0.757. The van der Waals surface area contributed by atoms with Crippen molar-refractivity contribution in [2.45, 2.75) is 51.0 Å². The number of benzene rings is 1. The monoisotopic (exact) mass is 272 g/mol. The number of fused-ring (bicyclic) bond motifs is 1. The second-order valence-electron chi connectivity index (χ2n) is 6.43. The molecule has 2 aliphatic rings. The van der Waals surface area contributed by atoms with Gasteiger partial charge in [-0.1, -0.05) is 31.2 Å². The molecule has 3 rings (SSSR count). The van der Waals surface area contributed by atoms with Gasteiger partial charge in [-0.25, -0.2) is 0 Å². The standard InChI is InChI=1S/C18H28N2/c1-2-12-20(17-10-11-19-13-17)14-16-8-5-7-15-6-3-4-9-18(15)16/h3-4,6,9,16-17,19H,2,5,7-8,10-14H2,1H3. The minimum absolute atomic E-state index is 0.757. The van der Waals surface area contributed by atoms with Gasteiger partial charge in [-0.05, 0) is 62.2 Å².